The SMILES string of the molecule is O=C(NCC1(c2cccs2)CCCC1)c1ccccc1S(=O)(=O)C(F)F. The number of halogens is 2. The fraction of sp³-hybridized carbons (Fsp3) is 0.389. The molecule has 0 aliphatic heterocycles. The highest BCUT2D eigenvalue weighted by Gasteiger charge is 2.37. The number of benzene rings is 1. The molecular formula is C18H19F2NO3S2. The average molecular weight is 399 g/mol. The van der Waals surface area contributed by atoms with Gasteiger partial charge in [-0.3, -0.25) is 4.79 Å². The Bertz CT molecular complexity index is 874. The van der Waals surface area contributed by atoms with Gasteiger partial charge in [-0.1, -0.05) is 31.0 Å². The summed E-state index contributed by atoms with van der Waals surface area (Å²) in [5.41, 5.74) is -0.410. The first kappa shape index (κ1) is 19.0. The Morgan fingerprint density at radius 2 is 1.85 bits per heavy atom. The molecule has 2 aromatic rings. The van der Waals surface area contributed by atoms with Crippen molar-refractivity contribution in [3.8, 4) is 0 Å². The summed E-state index contributed by atoms with van der Waals surface area (Å²) < 4.78 is 49.5. The number of nitrogens with one attached hydrogen (secondary N) is 1. The molecule has 140 valence electrons. The Labute approximate surface area is 155 Å². The van der Waals surface area contributed by atoms with Gasteiger partial charge in [-0.2, -0.15) is 8.78 Å². The van der Waals surface area contributed by atoms with Crippen LogP contribution in [0, 0.1) is 0 Å². The maximum atomic E-state index is 12.9. The molecule has 1 aromatic heterocycles. The summed E-state index contributed by atoms with van der Waals surface area (Å²) in [4.78, 5) is 13.1. The van der Waals surface area contributed by atoms with Crippen LogP contribution in [0.15, 0.2) is 46.7 Å². The number of hydrogen-bond donors (Lipinski definition) is 1. The standard InChI is InChI=1S/C18H19F2NO3S2/c19-17(20)26(23,24)14-7-2-1-6-13(14)16(22)21-12-18(9-3-4-10-18)15-8-5-11-25-15/h1-2,5-8,11,17H,3-4,9-10,12H2,(H,21,22). The zero-order valence-corrected chi connectivity index (χ0v) is 15.6. The zero-order chi connectivity index (χ0) is 18.8. The fourth-order valence-electron chi connectivity index (χ4n) is 3.49. The van der Waals surface area contributed by atoms with Gasteiger partial charge in [-0.15, -0.1) is 11.3 Å². The molecule has 26 heavy (non-hydrogen) atoms. The third kappa shape index (κ3) is 3.53. The zero-order valence-electron chi connectivity index (χ0n) is 14.0. The first-order valence-corrected chi connectivity index (χ1v) is 10.7. The molecule has 4 nitrogen and oxygen atoms in total. The van der Waals surface area contributed by atoms with E-state index in [4.69, 9.17) is 0 Å². The second kappa shape index (κ2) is 7.44. The number of rotatable bonds is 6. The van der Waals surface area contributed by atoms with Crippen LogP contribution in [-0.4, -0.2) is 26.6 Å². The number of carbonyl (C=O) groups excluding carboxylic acids is 1. The molecule has 0 spiro atoms. The Balaban J connectivity index is 1.83. The summed E-state index contributed by atoms with van der Waals surface area (Å²) in [5, 5.41) is 4.77. The molecular weight excluding hydrogens is 380 g/mol. The molecule has 1 aliphatic carbocycles. The van der Waals surface area contributed by atoms with Gasteiger partial charge in [0, 0.05) is 16.8 Å². The molecule has 1 aliphatic rings. The van der Waals surface area contributed by atoms with Crippen molar-refractivity contribution in [2.45, 2.75) is 41.8 Å². The van der Waals surface area contributed by atoms with Crippen LogP contribution >= 0.6 is 11.3 Å². The lowest BCUT2D eigenvalue weighted by Crippen LogP contribution is -2.39. The third-order valence-electron chi connectivity index (χ3n) is 4.86. The largest absolute Gasteiger partial charge is 0.351 e. The summed E-state index contributed by atoms with van der Waals surface area (Å²) in [6, 6.07) is 9.10. The van der Waals surface area contributed by atoms with Gasteiger partial charge in [0.05, 0.1) is 10.5 Å². The van der Waals surface area contributed by atoms with E-state index in [1.807, 2.05) is 17.5 Å². The van der Waals surface area contributed by atoms with Crippen LogP contribution < -0.4 is 5.32 Å². The van der Waals surface area contributed by atoms with Crippen LogP contribution in [-0.2, 0) is 15.3 Å². The van der Waals surface area contributed by atoms with Gasteiger partial charge in [-0.05, 0) is 36.4 Å². The highest BCUT2D eigenvalue weighted by Crippen LogP contribution is 2.42. The molecule has 3 rings (SSSR count). The second-order valence-corrected chi connectivity index (χ2v) is 9.28. The monoisotopic (exact) mass is 399 g/mol. The molecule has 1 aromatic carbocycles. The van der Waals surface area contributed by atoms with Crippen LogP contribution in [0.4, 0.5) is 8.78 Å². The van der Waals surface area contributed by atoms with Crippen molar-refractivity contribution in [1.29, 1.82) is 0 Å². The molecule has 0 radical (unpaired) electrons. The summed E-state index contributed by atoms with van der Waals surface area (Å²) in [6.45, 7) is 0.357. The van der Waals surface area contributed by atoms with Crippen LogP contribution in [0.5, 0.6) is 0 Å². The average Bonchev–Trinajstić information content (AvgIpc) is 3.32. The maximum absolute atomic E-state index is 12.9. The summed E-state index contributed by atoms with van der Waals surface area (Å²) in [5.74, 6) is -4.21. The van der Waals surface area contributed by atoms with Gasteiger partial charge in [0.1, 0.15) is 0 Å². The smallest absolute Gasteiger partial charge is 0.341 e. The van der Waals surface area contributed by atoms with Crippen molar-refractivity contribution in [2.24, 2.45) is 0 Å². The highest BCUT2D eigenvalue weighted by molar-refractivity contribution is 7.91. The van der Waals surface area contributed by atoms with Crippen molar-refractivity contribution in [3.63, 3.8) is 0 Å². The first-order chi connectivity index (χ1) is 12.4. The number of alkyl halides is 2. The number of sulfone groups is 1. The van der Waals surface area contributed by atoms with Gasteiger partial charge in [0.25, 0.3) is 5.91 Å². The van der Waals surface area contributed by atoms with Gasteiger partial charge >= 0.3 is 5.76 Å². The fourth-order valence-corrected chi connectivity index (χ4v) is 5.40. The van der Waals surface area contributed by atoms with Gasteiger partial charge in [0.2, 0.25) is 9.84 Å². The number of thiophene rings is 1. The Morgan fingerprint density at radius 3 is 2.46 bits per heavy atom. The van der Waals surface area contributed by atoms with E-state index in [0.29, 0.717) is 6.54 Å². The lowest BCUT2D eigenvalue weighted by molar-refractivity contribution is 0.0940. The summed E-state index contributed by atoms with van der Waals surface area (Å²) in [7, 11) is -4.84. The van der Waals surface area contributed by atoms with Crippen LogP contribution in [0.3, 0.4) is 0 Å². The molecule has 0 saturated heterocycles. The Morgan fingerprint density at radius 1 is 1.15 bits per heavy atom. The highest BCUT2D eigenvalue weighted by atomic mass is 32.2. The van der Waals surface area contributed by atoms with Crippen LogP contribution in [0.25, 0.3) is 0 Å². The quantitative estimate of drug-likeness (QED) is 0.799. The maximum Gasteiger partial charge on any atom is 0.341 e. The van der Waals surface area contributed by atoms with Gasteiger partial charge in [0.15, 0.2) is 0 Å². The van der Waals surface area contributed by atoms with E-state index in [1.165, 1.54) is 23.1 Å². The summed E-state index contributed by atoms with van der Waals surface area (Å²) in [6.07, 6.45) is 3.99. The van der Waals surface area contributed by atoms with Gasteiger partial charge < -0.3 is 5.32 Å². The van der Waals surface area contributed by atoms with E-state index < -0.39 is 26.4 Å². The molecule has 0 bridgehead atoms. The third-order valence-corrected chi connectivity index (χ3v) is 7.42. The molecule has 1 saturated carbocycles. The van der Waals surface area contributed by atoms with E-state index >= 15 is 0 Å². The van der Waals surface area contributed by atoms with E-state index in [1.54, 1.807) is 11.3 Å². The van der Waals surface area contributed by atoms with Crippen LogP contribution in [0.2, 0.25) is 0 Å². The summed E-state index contributed by atoms with van der Waals surface area (Å²) >= 11 is 1.63. The predicted molar refractivity (Wildman–Crippen MR) is 96.4 cm³/mol. The normalized spacial score (nSPS) is 16.7. The topological polar surface area (TPSA) is 63.2 Å². The molecule has 1 amide bonds. The van der Waals surface area contributed by atoms with Crippen molar-refractivity contribution in [3.05, 3.63) is 52.2 Å². The molecule has 1 N–H and O–H groups in total. The lowest BCUT2D eigenvalue weighted by Gasteiger charge is -2.28. The number of hydrogen-bond acceptors (Lipinski definition) is 4. The molecule has 8 heteroatoms. The number of amides is 1. The molecule has 0 atom stereocenters. The first-order valence-electron chi connectivity index (χ1n) is 8.30. The van der Waals surface area contributed by atoms with Crippen molar-refractivity contribution in [1.82, 2.24) is 5.32 Å². The minimum Gasteiger partial charge on any atom is -0.351 e. The predicted octanol–water partition coefficient (Wildman–Crippen LogP) is 3.99. The number of carbonyl (C=O) groups is 1. The molecule has 1 fully saturated rings. The van der Waals surface area contributed by atoms with Crippen LogP contribution in [0.1, 0.15) is 40.9 Å². The van der Waals surface area contributed by atoms with E-state index in [2.05, 4.69) is 5.32 Å². The van der Waals surface area contributed by atoms with E-state index in [9.17, 15) is 22.0 Å². The van der Waals surface area contributed by atoms with Gasteiger partial charge in [-0.25, -0.2) is 8.42 Å². The lowest BCUT2D eigenvalue weighted by atomic mass is 9.84. The Kier molecular flexibility index (Phi) is 5.43. The second-order valence-electron chi connectivity index (χ2n) is 6.45. The minimum absolute atomic E-state index is 0.166. The van der Waals surface area contributed by atoms with E-state index in [0.717, 1.165) is 31.7 Å². The molecule has 1 heterocycles. The van der Waals surface area contributed by atoms with Crippen molar-refractivity contribution >= 4 is 27.1 Å². The molecule has 0 unspecified atom stereocenters. The minimum atomic E-state index is -4.84. The van der Waals surface area contributed by atoms with E-state index in [-0.39, 0.29) is 11.0 Å². The van der Waals surface area contributed by atoms with Crippen molar-refractivity contribution in [2.75, 3.05) is 6.54 Å². The van der Waals surface area contributed by atoms with Crippen molar-refractivity contribution < 1.29 is 22.0 Å². The Hall–Kier alpha value is -1.80.